The van der Waals surface area contributed by atoms with E-state index in [1.165, 1.54) is 0 Å². The van der Waals surface area contributed by atoms with Crippen LogP contribution in [0, 0.1) is 0 Å². The fourth-order valence-electron chi connectivity index (χ4n) is 2.98. The first-order chi connectivity index (χ1) is 10.1. The molecule has 0 spiro atoms. The molecular weight excluding hydrogens is 268 g/mol. The van der Waals surface area contributed by atoms with Gasteiger partial charge in [0.05, 0.1) is 30.5 Å². The molecule has 1 N–H and O–H groups in total. The number of nitrogens with zero attached hydrogens (tertiary/aromatic N) is 3. The van der Waals surface area contributed by atoms with Crippen molar-refractivity contribution < 1.29 is 4.74 Å². The minimum Gasteiger partial charge on any atom is -0.378 e. The van der Waals surface area contributed by atoms with Crippen molar-refractivity contribution in [1.82, 2.24) is 14.8 Å². The van der Waals surface area contributed by atoms with Gasteiger partial charge >= 0.3 is 0 Å². The Kier molecular flexibility index (Phi) is 3.71. The number of H-pyrrole nitrogens is 1. The number of hydrogen-bond donors (Lipinski definition) is 1. The molecule has 1 fully saturated rings. The molecular formula is C15H22N4O2. The SMILES string of the molecule is CCc1c(N2CCOCC2)c2cnn(C(C)C)c2[nH]c1=O. The van der Waals surface area contributed by atoms with Gasteiger partial charge < -0.3 is 14.6 Å². The Morgan fingerprint density at radius 1 is 1.38 bits per heavy atom. The zero-order chi connectivity index (χ0) is 15.0. The van der Waals surface area contributed by atoms with Crippen molar-refractivity contribution in [2.75, 3.05) is 31.2 Å². The molecule has 0 unspecified atom stereocenters. The van der Waals surface area contributed by atoms with E-state index < -0.39 is 0 Å². The van der Waals surface area contributed by atoms with Gasteiger partial charge in [0.25, 0.3) is 5.56 Å². The van der Waals surface area contributed by atoms with Gasteiger partial charge in [-0.15, -0.1) is 0 Å². The van der Waals surface area contributed by atoms with E-state index in [2.05, 4.69) is 28.8 Å². The zero-order valence-corrected chi connectivity index (χ0v) is 12.8. The second-order valence-electron chi connectivity index (χ2n) is 5.68. The topological polar surface area (TPSA) is 63.1 Å². The summed E-state index contributed by atoms with van der Waals surface area (Å²) in [4.78, 5) is 17.7. The van der Waals surface area contributed by atoms with Gasteiger partial charge in [-0.2, -0.15) is 5.10 Å². The number of rotatable bonds is 3. The molecule has 0 atom stereocenters. The standard InChI is InChI=1S/C15H22N4O2/c1-4-11-13(18-5-7-21-8-6-18)12-9-16-19(10(2)3)14(12)17-15(11)20/h9-10H,4-8H2,1-3H3,(H,17,20). The summed E-state index contributed by atoms with van der Waals surface area (Å²) < 4.78 is 7.31. The third kappa shape index (κ3) is 2.33. The fraction of sp³-hybridized carbons (Fsp3) is 0.600. The van der Waals surface area contributed by atoms with Gasteiger partial charge in [-0.3, -0.25) is 4.79 Å². The van der Waals surface area contributed by atoms with Crippen LogP contribution in [0.2, 0.25) is 0 Å². The van der Waals surface area contributed by atoms with Crippen LogP contribution in [0.5, 0.6) is 0 Å². The molecule has 3 rings (SSSR count). The van der Waals surface area contributed by atoms with Crippen LogP contribution in [-0.4, -0.2) is 41.1 Å². The highest BCUT2D eigenvalue weighted by Crippen LogP contribution is 2.29. The number of morpholine rings is 1. The number of aromatic nitrogens is 3. The molecule has 114 valence electrons. The van der Waals surface area contributed by atoms with Crippen LogP contribution in [-0.2, 0) is 11.2 Å². The summed E-state index contributed by atoms with van der Waals surface area (Å²) >= 11 is 0. The predicted molar refractivity (Wildman–Crippen MR) is 83.1 cm³/mol. The van der Waals surface area contributed by atoms with Crippen LogP contribution < -0.4 is 10.5 Å². The van der Waals surface area contributed by atoms with Crippen molar-refractivity contribution in [3.63, 3.8) is 0 Å². The van der Waals surface area contributed by atoms with Crippen molar-refractivity contribution in [2.45, 2.75) is 33.2 Å². The van der Waals surface area contributed by atoms with Crippen LogP contribution in [0.4, 0.5) is 5.69 Å². The van der Waals surface area contributed by atoms with Crippen LogP contribution >= 0.6 is 0 Å². The number of aromatic amines is 1. The summed E-state index contributed by atoms with van der Waals surface area (Å²) in [7, 11) is 0. The first-order valence-corrected chi connectivity index (χ1v) is 7.58. The van der Waals surface area contributed by atoms with E-state index in [0.29, 0.717) is 19.6 Å². The summed E-state index contributed by atoms with van der Waals surface area (Å²) in [6.07, 6.45) is 2.58. The molecule has 0 radical (unpaired) electrons. The number of hydrogen-bond acceptors (Lipinski definition) is 4. The monoisotopic (exact) mass is 290 g/mol. The summed E-state index contributed by atoms with van der Waals surface area (Å²) in [6, 6.07) is 0.211. The predicted octanol–water partition coefficient (Wildman–Crippen LogP) is 1.70. The molecule has 0 amide bonds. The summed E-state index contributed by atoms with van der Waals surface area (Å²) in [5.41, 5.74) is 2.68. The zero-order valence-electron chi connectivity index (χ0n) is 12.8. The third-order valence-corrected chi connectivity index (χ3v) is 4.01. The van der Waals surface area contributed by atoms with Gasteiger partial charge in [0.1, 0.15) is 5.65 Å². The highest BCUT2D eigenvalue weighted by molar-refractivity contribution is 5.91. The van der Waals surface area contributed by atoms with Crippen LogP contribution in [0.25, 0.3) is 11.0 Å². The van der Waals surface area contributed by atoms with E-state index in [1.54, 1.807) is 0 Å². The summed E-state index contributed by atoms with van der Waals surface area (Å²) in [5, 5.41) is 5.49. The number of pyridine rings is 1. The lowest BCUT2D eigenvalue weighted by Gasteiger charge is -2.30. The van der Waals surface area contributed by atoms with Crippen LogP contribution in [0.3, 0.4) is 0 Å². The Balaban J connectivity index is 2.25. The Morgan fingerprint density at radius 2 is 2.10 bits per heavy atom. The number of anilines is 1. The molecule has 0 saturated carbocycles. The Hall–Kier alpha value is -1.82. The van der Waals surface area contributed by atoms with E-state index in [-0.39, 0.29) is 11.6 Å². The quantitative estimate of drug-likeness (QED) is 0.934. The number of fused-ring (bicyclic) bond motifs is 1. The van der Waals surface area contributed by atoms with Crippen molar-refractivity contribution in [3.05, 3.63) is 22.1 Å². The van der Waals surface area contributed by atoms with Gasteiger partial charge in [0.2, 0.25) is 0 Å². The van der Waals surface area contributed by atoms with Crippen molar-refractivity contribution in [1.29, 1.82) is 0 Å². The van der Waals surface area contributed by atoms with Gasteiger partial charge in [-0.25, -0.2) is 4.68 Å². The molecule has 3 heterocycles. The Bertz CT molecular complexity index is 695. The Labute approximate surface area is 123 Å². The molecule has 0 aromatic carbocycles. The maximum absolute atomic E-state index is 12.4. The lowest BCUT2D eigenvalue weighted by molar-refractivity contribution is 0.122. The highest BCUT2D eigenvalue weighted by Gasteiger charge is 2.22. The molecule has 6 nitrogen and oxygen atoms in total. The molecule has 0 bridgehead atoms. The van der Waals surface area contributed by atoms with Crippen molar-refractivity contribution in [3.8, 4) is 0 Å². The van der Waals surface area contributed by atoms with Crippen LogP contribution in [0.15, 0.2) is 11.0 Å². The van der Waals surface area contributed by atoms with E-state index in [0.717, 1.165) is 35.4 Å². The van der Waals surface area contributed by atoms with Gasteiger partial charge in [0.15, 0.2) is 0 Å². The molecule has 6 heteroatoms. The van der Waals surface area contributed by atoms with E-state index in [1.807, 2.05) is 17.8 Å². The highest BCUT2D eigenvalue weighted by atomic mass is 16.5. The second kappa shape index (κ2) is 5.52. The minimum atomic E-state index is -0.00566. The third-order valence-electron chi connectivity index (χ3n) is 4.01. The first-order valence-electron chi connectivity index (χ1n) is 7.58. The first kappa shape index (κ1) is 14.1. The van der Waals surface area contributed by atoms with Gasteiger partial charge in [0, 0.05) is 24.7 Å². The van der Waals surface area contributed by atoms with Gasteiger partial charge in [-0.1, -0.05) is 6.92 Å². The van der Waals surface area contributed by atoms with Gasteiger partial charge in [-0.05, 0) is 20.3 Å². The molecule has 1 aliphatic heterocycles. The van der Waals surface area contributed by atoms with E-state index in [9.17, 15) is 4.79 Å². The average Bonchev–Trinajstić information content (AvgIpc) is 2.90. The van der Waals surface area contributed by atoms with Crippen LogP contribution in [0.1, 0.15) is 32.4 Å². The van der Waals surface area contributed by atoms with Crippen molar-refractivity contribution in [2.24, 2.45) is 0 Å². The normalized spacial score (nSPS) is 16.1. The summed E-state index contributed by atoms with van der Waals surface area (Å²) in [6.45, 7) is 9.19. The lowest BCUT2D eigenvalue weighted by Crippen LogP contribution is -2.38. The maximum atomic E-state index is 12.4. The Morgan fingerprint density at radius 3 is 2.71 bits per heavy atom. The lowest BCUT2D eigenvalue weighted by atomic mass is 10.1. The maximum Gasteiger partial charge on any atom is 0.254 e. The molecule has 21 heavy (non-hydrogen) atoms. The number of ether oxygens (including phenoxy) is 1. The van der Waals surface area contributed by atoms with Crippen molar-refractivity contribution >= 4 is 16.7 Å². The molecule has 2 aromatic rings. The number of nitrogens with one attached hydrogen (secondary N) is 1. The molecule has 2 aromatic heterocycles. The fourth-order valence-corrected chi connectivity index (χ4v) is 2.98. The van der Waals surface area contributed by atoms with E-state index in [4.69, 9.17) is 4.74 Å². The largest absolute Gasteiger partial charge is 0.378 e. The minimum absolute atomic E-state index is 0.00566. The second-order valence-corrected chi connectivity index (χ2v) is 5.68. The molecule has 1 saturated heterocycles. The smallest absolute Gasteiger partial charge is 0.254 e. The average molecular weight is 290 g/mol. The summed E-state index contributed by atoms with van der Waals surface area (Å²) in [5.74, 6) is 0. The van der Waals surface area contributed by atoms with E-state index >= 15 is 0 Å². The molecule has 1 aliphatic rings. The molecule has 0 aliphatic carbocycles.